The Morgan fingerprint density at radius 2 is 1.92 bits per heavy atom. The van der Waals surface area contributed by atoms with E-state index in [0.29, 0.717) is 0 Å². The number of nitrogen functional groups attached to an aromatic ring is 1. The molecule has 0 bridgehead atoms. The molecule has 12 heavy (non-hydrogen) atoms. The predicted octanol–water partition coefficient (Wildman–Crippen LogP) is 3.33. The second kappa shape index (κ2) is 5.42. The molecule has 0 atom stereocenters. The first kappa shape index (κ1) is 10.8. The first-order valence-electron chi connectivity index (χ1n) is 4.21. The van der Waals surface area contributed by atoms with Crippen molar-refractivity contribution in [2.75, 3.05) is 5.73 Å². The Kier molecular flexibility index (Phi) is 4.86. The van der Waals surface area contributed by atoms with Crippen LogP contribution in [0.15, 0.2) is 30.8 Å². The second-order valence-corrected chi connectivity index (χ2v) is 2.41. The third kappa shape index (κ3) is 3.24. The van der Waals surface area contributed by atoms with Gasteiger partial charge in [0.25, 0.3) is 0 Å². The highest BCUT2D eigenvalue weighted by molar-refractivity contribution is 5.64. The monoisotopic (exact) mass is 163 g/mol. The molecule has 66 valence electrons. The summed E-state index contributed by atoms with van der Waals surface area (Å²) in [5, 5.41) is 0. The van der Waals surface area contributed by atoms with E-state index in [9.17, 15) is 0 Å². The molecule has 1 aromatic carbocycles. The minimum Gasteiger partial charge on any atom is -0.399 e. The molecule has 0 saturated heterocycles. The maximum atomic E-state index is 5.56. The fourth-order valence-corrected chi connectivity index (χ4v) is 0.804. The molecular weight excluding hydrogens is 146 g/mol. The maximum Gasteiger partial charge on any atom is 0.0320 e. The Labute approximate surface area is 74.9 Å². The number of hydrogen-bond donors (Lipinski definition) is 1. The summed E-state index contributed by atoms with van der Waals surface area (Å²) in [5.74, 6) is 0. The number of nitrogens with two attached hydrogens (primary N) is 1. The van der Waals surface area contributed by atoms with Gasteiger partial charge in [-0.25, -0.2) is 0 Å². The van der Waals surface area contributed by atoms with Crippen molar-refractivity contribution < 1.29 is 0 Å². The van der Waals surface area contributed by atoms with Crippen LogP contribution in [-0.2, 0) is 0 Å². The molecule has 0 unspecified atom stereocenters. The van der Waals surface area contributed by atoms with E-state index >= 15 is 0 Å². The van der Waals surface area contributed by atoms with Crippen molar-refractivity contribution in [2.24, 2.45) is 0 Å². The fraction of sp³-hybridized carbons (Fsp3) is 0.273. The zero-order valence-electron chi connectivity index (χ0n) is 8.09. The van der Waals surface area contributed by atoms with Crippen LogP contribution in [0.5, 0.6) is 0 Å². The van der Waals surface area contributed by atoms with Crippen molar-refractivity contribution in [3.05, 3.63) is 36.4 Å². The first-order valence-corrected chi connectivity index (χ1v) is 4.21. The van der Waals surface area contributed by atoms with Gasteiger partial charge in [0.15, 0.2) is 0 Å². The molecule has 0 fully saturated rings. The molecule has 1 rings (SSSR count). The molecule has 0 aliphatic rings. The summed E-state index contributed by atoms with van der Waals surface area (Å²) < 4.78 is 0. The molecule has 0 heterocycles. The van der Waals surface area contributed by atoms with Crippen LogP contribution in [0.1, 0.15) is 26.3 Å². The second-order valence-electron chi connectivity index (χ2n) is 2.41. The van der Waals surface area contributed by atoms with Gasteiger partial charge >= 0.3 is 0 Å². The SMILES string of the molecule is C=C(C)c1cccc(N)c1.CC. The van der Waals surface area contributed by atoms with Crippen LogP contribution in [-0.4, -0.2) is 0 Å². The third-order valence-electron chi connectivity index (χ3n) is 1.38. The number of hydrogen-bond acceptors (Lipinski definition) is 1. The summed E-state index contributed by atoms with van der Waals surface area (Å²) in [5.41, 5.74) is 8.51. The van der Waals surface area contributed by atoms with Gasteiger partial charge in [-0.05, 0) is 24.6 Å². The van der Waals surface area contributed by atoms with E-state index in [1.807, 2.05) is 45.0 Å². The third-order valence-corrected chi connectivity index (χ3v) is 1.38. The molecule has 1 aromatic rings. The van der Waals surface area contributed by atoms with Gasteiger partial charge in [-0.1, -0.05) is 38.1 Å². The largest absolute Gasteiger partial charge is 0.399 e. The van der Waals surface area contributed by atoms with E-state index in [1.165, 1.54) is 0 Å². The van der Waals surface area contributed by atoms with Gasteiger partial charge in [0.1, 0.15) is 0 Å². The molecule has 0 aliphatic heterocycles. The number of allylic oxidation sites excluding steroid dienone is 1. The van der Waals surface area contributed by atoms with Crippen LogP contribution in [0.3, 0.4) is 0 Å². The van der Waals surface area contributed by atoms with Gasteiger partial charge in [0.05, 0.1) is 0 Å². The maximum absolute atomic E-state index is 5.56. The number of benzene rings is 1. The smallest absolute Gasteiger partial charge is 0.0320 e. The fourth-order valence-electron chi connectivity index (χ4n) is 0.804. The molecule has 0 aromatic heterocycles. The Balaban J connectivity index is 0.000000561. The van der Waals surface area contributed by atoms with Crippen molar-refractivity contribution in [3.8, 4) is 0 Å². The highest BCUT2D eigenvalue weighted by Gasteiger charge is 1.90. The Morgan fingerprint density at radius 3 is 2.25 bits per heavy atom. The van der Waals surface area contributed by atoms with Crippen molar-refractivity contribution in [1.82, 2.24) is 0 Å². The number of rotatable bonds is 1. The van der Waals surface area contributed by atoms with Crippen LogP contribution in [0.25, 0.3) is 5.57 Å². The molecule has 0 spiro atoms. The number of anilines is 1. The van der Waals surface area contributed by atoms with E-state index in [1.54, 1.807) is 0 Å². The van der Waals surface area contributed by atoms with Gasteiger partial charge in [-0.2, -0.15) is 0 Å². The van der Waals surface area contributed by atoms with Crippen LogP contribution < -0.4 is 5.73 Å². The quantitative estimate of drug-likeness (QED) is 0.631. The van der Waals surface area contributed by atoms with Gasteiger partial charge < -0.3 is 5.73 Å². The lowest BCUT2D eigenvalue weighted by Crippen LogP contribution is -1.85. The molecule has 1 nitrogen and oxygen atoms in total. The van der Waals surface area contributed by atoms with Crippen molar-refractivity contribution in [2.45, 2.75) is 20.8 Å². The van der Waals surface area contributed by atoms with Crippen molar-refractivity contribution in [1.29, 1.82) is 0 Å². The lowest BCUT2D eigenvalue weighted by atomic mass is 10.1. The normalized spacial score (nSPS) is 8.25. The van der Waals surface area contributed by atoms with E-state index in [4.69, 9.17) is 5.73 Å². The highest BCUT2D eigenvalue weighted by atomic mass is 14.5. The zero-order chi connectivity index (χ0) is 9.56. The predicted molar refractivity (Wildman–Crippen MR) is 56.9 cm³/mol. The van der Waals surface area contributed by atoms with E-state index in [2.05, 4.69) is 6.58 Å². The van der Waals surface area contributed by atoms with Crippen LogP contribution in [0.4, 0.5) is 5.69 Å². The highest BCUT2D eigenvalue weighted by Crippen LogP contribution is 2.13. The molecule has 0 radical (unpaired) electrons. The standard InChI is InChI=1S/C9H11N.C2H6/c1-7(2)8-4-3-5-9(10)6-8;1-2/h3-6H,1,10H2,2H3;1-2H3. The lowest BCUT2D eigenvalue weighted by Gasteiger charge is -1.98. The molecule has 0 saturated carbocycles. The van der Waals surface area contributed by atoms with Gasteiger partial charge in [-0.3, -0.25) is 0 Å². The van der Waals surface area contributed by atoms with Gasteiger partial charge in [0, 0.05) is 5.69 Å². The summed E-state index contributed by atoms with van der Waals surface area (Å²) in [6, 6.07) is 7.72. The summed E-state index contributed by atoms with van der Waals surface area (Å²) in [4.78, 5) is 0. The summed E-state index contributed by atoms with van der Waals surface area (Å²) in [7, 11) is 0. The molecule has 0 amide bonds. The Bertz CT molecular complexity index is 251. The molecule has 2 N–H and O–H groups in total. The average molecular weight is 163 g/mol. The molecule has 1 heteroatoms. The average Bonchev–Trinajstić information content (AvgIpc) is 2.08. The summed E-state index contributed by atoms with van der Waals surface area (Å²) >= 11 is 0. The van der Waals surface area contributed by atoms with Gasteiger partial charge in [-0.15, -0.1) is 0 Å². The Morgan fingerprint density at radius 1 is 1.33 bits per heavy atom. The van der Waals surface area contributed by atoms with Crippen LogP contribution in [0.2, 0.25) is 0 Å². The van der Waals surface area contributed by atoms with Crippen molar-refractivity contribution >= 4 is 11.3 Å². The molecule has 0 aliphatic carbocycles. The van der Waals surface area contributed by atoms with E-state index in [-0.39, 0.29) is 0 Å². The van der Waals surface area contributed by atoms with Crippen LogP contribution in [0, 0.1) is 0 Å². The minimum atomic E-state index is 0.792. The zero-order valence-corrected chi connectivity index (χ0v) is 8.09. The first-order chi connectivity index (χ1) is 5.70. The van der Waals surface area contributed by atoms with E-state index < -0.39 is 0 Å². The lowest BCUT2D eigenvalue weighted by molar-refractivity contribution is 1.50. The topological polar surface area (TPSA) is 26.0 Å². The molecular formula is C11H17N. The van der Waals surface area contributed by atoms with Crippen molar-refractivity contribution in [3.63, 3.8) is 0 Å². The summed E-state index contributed by atoms with van der Waals surface area (Å²) in [6.07, 6.45) is 0. The van der Waals surface area contributed by atoms with Crippen LogP contribution >= 0.6 is 0 Å². The Hall–Kier alpha value is -1.24. The minimum absolute atomic E-state index is 0.792. The summed E-state index contributed by atoms with van der Waals surface area (Å²) in [6.45, 7) is 9.78. The van der Waals surface area contributed by atoms with E-state index in [0.717, 1.165) is 16.8 Å². The van der Waals surface area contributed by atoms with Gasteiger partial charge in [0.2, 0.25) is 0 Å².